The van der Waals surface area contributed by atoms with E-state index in [4.69, 9.17) is 0 Å². The van der Waals surface area contributed by atoms with Crippen molar-refractivity contribution in [3.05, 3.63) is 33.2 Å². The Balaban J connectivity index is 2.90. The van der Waals surface area contributed by atoms with Gasteiger partial charge in [0.2, 0.25) is 0 Å². The summed E-state index contributed by atoms with van der Waals surface area (Å²) < 4.78 is 2.61. The molecule has 0 fully saturated rings. The number of hydrogen-bond donors (Lipinski definition) is 1. The van der Waals surface area contributed by atoms with Crippen LogP contribution in [0.3, 0.4) is 0 Å². The molecule has 1 N–H and O–H groups in total. The first-order valence-electron chi connectivity index (χ1n) is 5.77. The minimum absolute atomic E-state index is 0.285. The van der Waals surface area contributed by atoms with Crippen LogP contribution >= 0.6 is 0 Å². The molecular weight excluding hydrogens is 232 g/mol. The van der Waals surface area contributed by atoms with E-state index in [0.717, 1.165) is 4.57 Å². The highest BCUT2D eigenvalue weighted by Crippen LogP contribution is 2.08. The predicted octanol–water partition coefficient (Wildman–Crippen LogP) is 0.722. The third-order valence-corrected chi connectivity index (χ3v) is 2.74. The van der Waals surface area contributed by atoms with Gasteiger partial charge in [-0.3, -0.25) is 13.9 Å². The van der Waals surface area contributed by atoms with Crippen molar-refractivity contribution in [2.75, 3.05) is 0 Å². The number of aromatic amines is 1. The topological polar surface area (TPSA) is 72.7 Å². The van der Waals surface area contributed by atoms with Gasteiger partial charge in [0.1, 0.15) is 11.3 Å². The number of imidazole rings is 1. The molecule has 2 rings (SSSR count). The molecule has 2 aromatic heterocycles. The fourth-order valence-corrected chi connectivity index (χ4v) is 1.88. The molecule has 96 valence electrons. The zero-order valence-electron chi connectivity index (χ0n) is 10.7. The van der Waals surface area contributed by atoms with E-state index in [1.165, 1.54) is 17.7 Å². The van der Waals surface area contributed by atoms with Gasteiger partial charge in [0.25, 0.3) is 5.56 Å². The van der Waals surface area contributed by atoms with E-state index in [2.05, 4.69) is 16.5 Å². The van der Waals surface area contributed by atoms with Gasteiger partial charge in [-0.05, 0) is 12.0 Å². The molecule has 0 saturated carbocycles. The van der Waals surface area contributed by atoms with E-state index in [-0.39, 0.29) is 17.2 Å². The standard InChI is InChI=1S/C12H16N4O2/c1-5-8-13-9-10(14-8)16(6-7(2)3)12(18)15(4)11(9)17/h5,7H,1,6H2,2-4H3,(H,13,14). The number of rotatable bonds is 3. The van der Waals surface area contributed by atoms with Crippen molar-refractivity contribution in [1.82, 2.24) is 19.1 Å². The van der Waals surface area contributed by atoms with E-state index in [1.54, 1.807) is 0 Å². The lowest BCUT2D eigenvalue weighted by Gasteiger charge is -2.10. The second-order valence-electron chi connectivity index (χ2n) is 4.68. The third-order valence-electron chi connectivity index (χ3n) is 2.74. The minimum atomic E-state index is -0.365. The van der Waals surface area contributed by atoms with Crippen LogP contribution in [0.25, 0.3) is 17.2 Å². The van der Waals surface area contributed by atoms with Crippen LogP contribution in [-0.2, 0) is 13.6 Å². The molecule has 0 aromatic carbocycles. The van der Waals surface area contributed by atoms with Gasteiger partial charge >= 0.3 is 5.69 Å². The third kappa shape index (κ3) is 1.79. The molecule has 18 heavy (non-hydrogen) atoms. The van der Waals surface area contributed by atoms with Gasteiger partial charge in [-0.15, -0.1) is 0 Å². The maximum Gasteiger partial charge on any atom is 0.332 e. The van der Waals surface area contributed by atoms with Crippen LogP contribution in [0.2, 0.25) is 0 Å². The molecule has 6 nitrogen and oxygen atoms in total. The second-order valence-corrected chi connectivity index (χ2v) is 4.68. The highest BCUT2D eigenvalue weighted by atomic mass is 16.2. The van der Waals surface area contributed by atoms with Gasteiger partial charge in [-0.2, -0.15) is 0 Å². The molecule has 0 aliphatic carbocycles. The van der Waals surface area contributed by atoms with E-state index in [1.807, 2.05) is 13.8 Å². The van der Waals surface area contributed by atoms with Crippen LogP contribution in [0.1, 0.15) is 19.7 Å². The van der Waals surface area contributed by atoms with Crippen molar-refractivity contribution < 1.29 is 0 Å². The zero-order chi connectivity index (χ0) is 13.4. The SMILES string of the molecule is C=Cc1nc2c([nH]1)c(=O)n(C)c(=O)n2CC(C)C. The molecule has 0 atom stereocenters. The predicted molar refractivity (Wildman–Crippen MR) is 70.5 cm³/mol. The van der Waals surface area contributed by atoms with Crippen molar-refractivity contribution in [3.8, 4) is 0 Å². The van der Waals surface area contributed by atoms with Crippen LogP contribution in [0.4, 0.5) is 0 Å². The molecule has 2 heterocycles. The van der Waals surface area contributed by atoms with Crippen molar-refractivity contribution in [1.29, 1.82) is 0 Å². The van der Waals surface area contributed by atoms with Gasteiger partial charge < -0.3 is 4.98 Å². The summed E-state index contributed by atoms with van der Waals surface area (Å²) in [7, 11) is 1.47. The molecule has 0 saturated heterocycles. The maximum absolute atomic E-state index is 12.1. The van der Waals surface area contributed by atoms with Crippen LogP contribution < -0.4 is 11.2 Å². The molecule has 6 heteroatoms. The van der Waals surface area contributed by atoms with Gasteiger partial charge in [-0.25, -0.2) is 9.78 Å². The number of fused-ring (bicyclic) bond motifs is 1. The lowest BCUT2D eigenvalue weighted by atomic mass is 10.2. The fourth-order valence-electron chi connectivity index (χ4n) is 1.88. The van der Waals surface area contributed by atoms with E-state index >= 15 is 0 Å². The Morgan fingerprint density at radius 3 is 2.67 bits per heavy atom. The second kappa shape index (κ2) is 4.29. The lowest BCUT2D eigenvalue weighted by Crippen LogP contribution is -2.38. The first-order valence-corrected chi connectivity index (χ1v) is 5.77. The number of aromatic nitrogens is 4. The average Bonchev–Trinajstić information content (AvgIpc) is 2.75. The van der Waals surface area contributed by atoms with Crippen molar-refractivity contribution in [3.63, 3.8) is 0 Å². The van der Waals surface area contributed by atoms with E-state index < -0.39 is 0 Å². The monoisotopic (exact) mass is 248 g/mol. The molecule has 0 unspecified atom stereocenters. The molecule has 0 aliphatic rings. The summed E-state index contributed by atoms with van der Waals surface area (Å²) >= 11 is 0. The Kier molecular flexibility index (Phi) is 2.94. The van der Waals surface area contributed by atoms with Gasteiger partial charge in [0.15, 0.2) is 5.65 Å². The number of hydrogen-bond acceptors (Lipinski definition) is 3. The summed E-state index contributed by atoms with van der Waals surface area (Å²) in [5.41, 5.74) is 0.0262. The van der Waals surface area contributed by atoms with Crippen LogP contribution in [0, 0.1) is 5.92 Å². The van der Waals surface area contributed by atoms with Crippen molar-refractivity contribution in [2.24, 2.45) is 13.0 Å². The number of nitrogens with zero attached hydrogens (tertiary/aromatic N) is 3. The highest BCUT2D eigenvalue weighted by Gasteiger charge is 2.15. The number of nitrogens with one attached hydrogen (secondary N) is 1. The van der Waals surface area contributed by atoms with Crippen LogP contribution in [0.5, 0.6) is 0 Å². The van der Waals surface area contributed by atoms with Gasteiger partial charge in [-0.1, -0.05) is 20.4 Å². The number of H-pyrrole nitrogens is 1. The molecular formula is C12H16N4O2. The normalized spacial score (nSPS) is 11.3. The first-order chi connectivity index (χ1) is 8.45. The Hall–Kier alpha value is -2.11. The van der Waals surface area contributed by atoms with E-state index in [0.29, 0.717) is 23.5 Å². The van der Waals surface area contributed by atoms with E-state index in [9.17, 15) is 9.59 Å². The molecule has 0 bridgehead atoms. The fraction of sp³-hybridized carbons (Fsp3) is 0.417. The summed E-state index contributed by atoms with van der Waals surface area (Å²) in [5, 5.41) is 0. The zero-order valence-corrected chi connectivity index (χ0v) is 10.7. The van der Waals surface area contributed by atoms with Crippen molar-refractivity contribution >= 4 is 17.2 Å². The summed E-state index contributed by atoms with van der Waals surface area (Å²) in [6.45, 7) is 8.13. The lowest BCUT2D eigenvalue weighted by molar-refractivity contribution is 0.500. The Morgan fingerprint density at radius 1 is 1.44 bits per heavy atom. The molecule has 0 amide bonds. The first kappa shape index (κ1) is 12.3. The van der Waals surface area contributed by atoms with Gasteiger partial charge in [0.05, 0.1) is 0 Å². The Morgan fingerprint density at radius 2 is 2.11 bits per heavy atom. The Labute approximate surface area is 104 Å². The van der Waals surface area contributed by atoms with Crippen LogP contribution in [-0.4, -0.2) is 19.1 Å². The Bertz CT molecular complexity index is 718. The maximum atomic E-state index is 12.1. The smallest absolute Gasteiger partial charge is 0.332 e. The highest BCUT2D eigenvalue weighted by molar-refractivity contribution is 5.71. The largest absolute Gasteiger partial charge is 0.333 e. The average molecular weight is 248 g/mol. The molecule has 0 radical (unpaired) electrons. The summed E-state index contributed by atoms with van der Waals surface area (Å²) in [6, 6.07) is 0. The van der Waals surface area contributed by atoms with Crippen LogP contribution in [0.15, 0.2) is 16.2 Å². The van der Waals surface area contributed by atoms with Crippen molar-refractivity contribution in [2.45, 2.75) is 20.4 Å². The molecule has 2 aromatic rings. The summed E-state index contributed by atoms with van der Waals surface area (Å²) in [5.74, 6) is 0.775. The summed E-state index contributed by atoms with van der Waals surface area (Å²) in [4.78, 5) is 31.1. The minimum Gasteiger partial charge on any atom is -0.333 e. The summed E-state index contributed by atoms with van der Waals surface area (Å²) in [6.07, 6.45) is 1.52. The molecule has 0 spiro atoms. The quantitative estimate of drug-likeness (QED) is 0.870. The van der Waals surface area contributed by atoms with Gasteiger partial charge in [0, 0.05) is 13.6 Å². The molecule has 0 aliphatic heterocycles.